The normalized spacial score (nSPS) is 34.8. The van der Waals surface area contributed by atoms with E-state index in [1.54, 1.807) is 0 Å². The van der Waals surface area contributed by atoms with Crippen molar-refractivity contribution in [2.24, 2.45) is 0 Å². The van der Waals surface area contributed by atoms with Gasteiger partial charge in [-0.05, 0) is 11.8 Å². The molecule has 0 spiro atoms. The predicted molar refractivity (Wildman–Crippen MR) is 35.9 cm³/mol. The third-order valence-electron chi connectivity index (χ3n) is 1.28. The first-order valence-electron chi connectivity index (χ1n) is 2.47. The van der Waals surface area contributed by atoms with E-state index in [0.29, 0.717) is 4.71 Å². The molecule has 4 heteroatoms. The summed E-state index contributed by atoms with van der Waals surface area (Å²) in [6, 6.07) is 0. The van der Waals surface area contributed by atoms with Gasteiger partial charge in [-0.3, -0.25) is 4.79 Å². The van der Waals surface area contributed by atoms with Gasteiger partial charge in [-0.25, -0.2) is 0 Å². The molecule has 0 unspecified atom stereocenters. The first kappa shape index (κ1) is 4.99. The van der Waals surface area contributed by atoms with E-state index in [9.17, 15) is 4.79 Å². The van der Waals surface area contributed by atoms with Crippen LogP contribution >= 0.6 is 23.5 Å². The Hall–Kier alpha value is 0.170. The second-order valence-corrected chi connectivity index (χ2v) is 4.27. The summed E-state index contributed by atoms with van der Waals surface area (Å²) in [4.78, 5) is 12.5. The summed E-state index contributed by atoms with van der Waals surface area (Å²) in [5, 5.41) is 0.264. The number of amides is 1. The number of carbonyl (C=O) groups is 1. The van der Waals surface area contributed by atoms with Crippen LogP contribution in [-0.2, 0) is 0 Å². The SMILES string of the molecule is O=C1S[C@H]2SCCN12. The summed E-state index contributed by atoms with van der Waals surface area (Å²) in [6.07, 6.45) is 0. The lowest BCUT2D eigenvalue weighted by Gasteiger charge is -2.31. The fourth-order valence-electron chi connectivity index (χ4n) is 0.827. The van der Waals surface area contributed by atoms with Crippen LogP contribution in [0.5, 0.6) is 0 Å². The molecule has 2 aliphatic rings. The lowest BCUT2D eigenvalue weighted by molar-refractivity contribution is 0.226. The molecule has 1 atom stereocenters. The highest BCUT2D eigenvalue weighted by atomic mass is 32.2. The second-order valence-electron chi connectivity index (χ2n) is 1.75. The maximum Gasteiger partial charge on any atom is 0.286 e. The van der Waals surface area contributed by atoms with Gasteiger partial charge >= 0.3 is 0 Å². The van der Waals surface area contributed by atoms with Crippen molar-refractivity contribution in [1.29, 1.82) is 0 Å². The van der Waals surface area contributed by atoms with Gasteiger partial charge in [-0.15, -0.1) is 11.8 Å². The Balaban J connectivity index is 2.11. The zero-order valence-electron chi connectivity index (χ0n) is 4.16. The van der Waals surface area contributed by atoms with Gasteiger partial charge in [0.2, 0.25) is 0 Å². The Labute approximate surface area is 56.0 Å². The van der Waals surface area contributed by atoms with Crippen molar-refractivity contribution >= 4 is 28.8 Å². The fourth-order valence-corrected chi connectivity index (χ4v) is 3.26. The molecule has 0 radical (unpaired) electrons. The zero-order chi connectivity index (χ0) is 5.56. The quantitative estimate of drug-likeness (QED) is 0.513. The standard InChI is InChI=1S/C4H5NOS2/c6-3-5-1-2-7-4(5)8-3/h4H,1-2H2/t4-/m1/s1. The number of fused-ring (bicyclic) bond motifs is 1. The molecule has 0 aromatic heterocycles. The van der Waals surface area contributed by atoms with Crippen molar-refractivity contribution < 1.29 is 4.79 Å². The minimum atomic E-state index is 0.264. The van der Waals surface area contributed by atoms with Crippen LogP contribution < -0.4 is 0 Å². The number of nitrogens with zero attached hydrogens (tertiary/aromatic N) is 1. The summed E-state index contributed by atoms with van der Waals surface area (Å²) < 4.78 is 0.488. The molecular formula is C4H5NOS2. The molecule has 1 amide bonds. The number of carbonyl (C=O) groups excluding carboxylic acids is 1. The lowest BCUT2D eigenvalue weighted by Crippen LogP contribution is -2.40. The Morgan fingerprint density at radius 3 is 3.12 bits per heavy atom. The molecule has 2 nitrogen and oxygen atoms in total. The smallest absolute Gasteiger partial charge is 0.286 e. The minimum Gasteiger partial charge on any atom is -0.311 e. The van der Waals surface area contributed by atoms with Crippen molar-refractivity contribution in [2.45, 2.75) is 4.71 Å². The Bertz CT molecular complexity index is 138. The van der Waals surface area contributed by atoms with Gasteiger partial charge in [-0.2, -0.15) is 0 Å². The zero-order valence-corrected chi connectivity index (χ0v) is 5.80. The number of thioether (sulfide) groups is 2. The van der Waals surface area contributed by atoms with Crippen LogP contribution in [0, 0.1) is 0 Å². The fraction of sp³-hybridized carbons (Fsp3) is 0.750. The summed E-state index contributed by atoms with van der Waals surface area (Å²) in [7, 11) is 0. The molecular weight excluding hydrogens is 142 g/mol. The van der Waals surface area contributed by atoms with Gasteiger partial charge in [0.25, 0.3) is 5.24 Å². The van der Waals surface area contributed by atoms with Gasteiger partial charge < -0.3 is 4.90 Å². The molecule has 2 fully saturated rings. The van der Waals surface area contributed by atoms with Crippen LogP contribution in [-0.4, -0.2) is 27.1 Å². The third-order valence-corrected chi connectivity index (χ3v) is 3.83. The van der Waals surface area contributed by atoms with Gasteiger partial charge in [-0.1, -0.05) is 0 Å². The molecule has 2 aliphatic heterocycles. The summed E-state index contributed by atoms with van der Waals surface area (Å²) in [5.41, 5.74) is 0. The minimum absolute atomic E-state index is 0.264. The van der Waals surface area contributed by atoms with Crippen molar-refractivity contribution in [1.82, 2.24) is 4.90 Å². The van der Waals surface area contributed by atoms with Crippen molar-refractivity contribution in [2.75, 3.05) is 12.3 Å². The molecule has 0 saturated carbocycles. The third kappa shape index (κ3) is 0.500. The summed E-state index contributed by atoms with van der Waals surface area (Å²) in [5.74, 6) is 1.13. The monoisotopic (exact) mass is 147 g/mol. The molecule has 0 aromatic carbocycles. The Morgan fingerprint density at radius 2 is 2.62 bits per heavy atom. The number of rotatable bonds is 0. The Morgan fingerprint density at radius 1 is 1.75 bits per heavy atom. The van der Waals surface area contributed by atoms with Crippen LogP contribution in [0.15, 0.2) is 0 Å². The van der Waals surface area contributed by atoms with Crippen LogP contribution in [0.25, 0.3) is 0 Å². The lowest BCUT2D eigenvalue weighted by atomic mass is 10.7. The van der Waals surface area contributed by atoms with E-state index in [4.69, 9.17) is 0 Å². The molecule has 0 N–H and O–H groups in total. The molecule has 8 heavy (non-hydrogen) atoms. The molecule has 2 saturated heterocycles. The Kier molecular flexibility index (Phi) is 0.983. The maximum absolute atomic E-state index is 10.6. The predicted octanol–water partition coefficient (Wildman–Crippen LogP) is 1.19. The highest BCUT2D eigenvalue weighted by Crippen LogP contribution is 2.43. The van der Waals surface area contributed by atoms with Gasteiger partial charge in [0.1, 0.15) is 4.71 Å². The second kappa shape index (κ2) is 1.57. The van der Waals surface area contributed by atoms with E-state index in [0.717, 1.165) is 12.3 Å². The van der Waals surface area contributed by atoms with Crippen LogP contribution in [0.3, 0.4) is 0 Å². The van der Waals surface area contributed by atoms with Crippen LogP contribution in [0.4, 0.5) is 4.79 Å². The first-order valence-corrected chi connectivity index (χ1v) is 4.39. The average molecular weight is 147 g/mol. The highest BCUT2D eigenvalue weighted by molar-refractivity contribution is 8.26. The first-order chi connectivity index (χ1) is 3.88. The molecule has 44 valence electrons. The topological polar surface area (TPSA) is 20.3 Å². The van der Waals surface area contributed by atoms with E-state index >= 15 is 0 Å². The van der Waals surface area contributed by atoms with E-state index in [2.05, 4.69) is 0 Å². The van der Waals surface area contributed by atoms with Crippen LogP contribution in [0.2, 0.25) is 0 Å². The van der Waals surface area contributed by atoms with Gasteiger partial charge in [0, 0.05) is 12.3 Å². The average Bonchev–Trinajstić information content (AvgIpc) is 2.09. The maximum atomic E-state index is 10.6. The summed E-state index contributed by atoms with van der Waals surface area (Å²) >= 11 is 3.31. The molecule has 0 aromatic rings. The number of hydrogen-bond donors (Lipinski definition) is 0. The van der Waals surface area contributed by atoms with E-state index in [1.807, 2.05) is 16.7 Å². The molecule has 0 bridgehead atoms. The highest BCUT2D eigenvalue weighted by Gasteiger charge is 2.41. The van der Waals surface area contributed by atoms with Gasteiger partial charge in [0.15, 0.2) is 0 Å². The molecule has 2 rings (SSSR count). The van der Waals surface area contributed by atoms with Crippen molar-refractivity contribution in [3.05, 3.63) is 0 Å². The summed E-state index contributed by atoms with van der Waals surface area (Å²) in [6.45, 7) is 0.973. The number of hydrogen-bond acceptors (Lipinski definition) is 3. The van der Waals surface area contributed by atoms with Crippen molar-refractivity contribution in [3.8, 4) is 0 Å². The molecule has 0 aliphatic carbocycles. The van der Waals surface area contributed by atoms with Gasteiger partial charge in [0.05, 0.1) is 0 Å². The van der Waals surface area contributed by atoms with Crippen molar-refractivity contribution in [3.63, 3.8) is 0 Å². The van der Waals surface area contributed by atoms with Crippen LogP contribution in [0.1, 0.15) is 0 Å². The van der Waals surface area contributed by atoms with E-state index < -0.39 is 0 Å². The largest absolute Gasteiger partial charge is 0.311 e. The molecule has 2 heterocycles. The van der Waals surface area contributed by atoms with E-state index in [1.165, 1.54) is 11.8 Å². The van der Waals surface area contributed by atoms with E-state index in [-0.39, 0.29) is 5.24 Å².